The van der Waals surface area contributed by atoms with E-state index in [1.54, 1.807) is 12.1 Å². The van der Waals surface area contributed by atoms with Crippen LogP contribution in [0.3, 0.4) is 0 Å². The average molecular weight is 345 g/mol. The molecule has 2 aromatic rings. The topological polar surface area (TPSA) is 68.5 Å². The van der Waals surface area contributed by atoms with E-state index in [1.807, 2.05) is 26.8 Å². The average Bonchev–Trinajstić information content (AvgIpc) is 2.41. The second-order valence-electron chi connectivity index (χ2n) is 8.36. The molecular weight excluding hydrogens is 318 g/mol. The molecule has 5 heteroatoms. The predicted molar refractivity (Wildman–Crippen MR) is 99.0 cm³/mol. The van der Waals surface area contributed by atoms with Gasteiger partial charge in [-0.05, 0) is 50.3 Å². The molecular formula is C20H27NO4. The van der Waals surface area contributed by atoms with Gasteiger partial charge < -0.3 is 14.5 Å². The van der Waals surface area contributed by atoms with Crippen LogP contribution in [0.1, 0.15) is 46.6 Å². The molecule has 0 saturated heterocycles. The lowest BCUT2D eigenvalue weighted by molar-refractivity contribution is -0.125. The summed E-state index contributed by atoms with van der Waals surface area (Å²) in [4.78, 5) is 23.7. The fourth-order valence-electron chi connectivity index (χ4n) is 3.33. The number of amides is 1. The summed E-state index contributed by atoms with van der Waals surface area (Å²) in [5, 5.41) is 3.85. The molecule has 1 aromatic carbocycles. The fourth-order valence-corrected chi connectivity index (χ4v) is 3.33. The largest absolute Gasteiger partial charge is 0.484 e. The zero-order valence-electron chi connectivity index (χ0n) is 15.9. The van der Waals surface area contributed by atoms with E-state index in [0.717, 1.165) is 17.4 Å². The molecule has 0 radical (unpaired) electrons. The van der Waals surface area contributed by atoms with Gasteiger partial charge in [-0.1, -0.05) is 20.8 Å². The van der Waals surface area contributed by atoms with Crippen LogP contribution in [0.15, 0.2) is 33.5 Å². The Labute approximate surface area is 148 Å². The first-order valence-electron chi connectivity index (χ1n) is 8.44. The quantitative estimate of drug-likeness (QED) is 0.837. The Balaban J connectivity index is 2.02. The van der Waals surface area contributed by atoms with Crippen LogP contribution in [-0.2, 0) is 4.79 Å². The van der Waals surface area contributed by atoms with Gasteiger partial charge in [-0.2, -0.15) is 0 Å². The van der Waals surface area contributed by atoms with E-state index in [1.165, 1.54) is 6.07 Å². The molecule has 0 aliphatic carbocycles. The Morgan fingerprint density at radius 2 is 1.84 bits per heavy atom. The third kappa shape index (κ3) is 5.62. The Morgan fingerprint density at radius 3 is 2.48 bits per heavy atom. The Hall–Kier alpha value is -2.30. The number of rotatable bonds is 5. The molecule has 1 heterocycles. The van der Waals surface area contributed by atoms with Gasteiger partial charge in [0.1, 0.15) is 11.3 Å². The van der Waals surface area contributed by atoms with Gasteiger partial charge in [-0.3, -0.25) is 4.79 Å². The van der Waals surface area contributed by atoms with Gasteiger partial charge in [0.15, 0.2) is 6.61 Å². The number of hydrogen-bond acceptors (Lipinski definition) is 4. The SMILES string of the molecule is Cc1cc(=O)oc2cc(OCC(=O)NC(C)(C)CC(C)(C)C)ccc12. The lowest BCUT2D eigenvalue weighted by atomic mass is 9.82. The summed E-state index contributed by atoms with van der Waals surface area (Å²) >= 11 is 0. The van der Waals surface area contributed by atoms with Crippen LogP contribution in [0.4, 0.5) is 0 Å². The van der Waals surface area contributed by atoms with E-state index in [-0.39, 0.29) is 23.5 Å². The highest BCUT2D eigenvalue weighted by Gasteiger charge is 2.27. The van der Waals surface area contributed by atoms with Crippen molar-refractivity contribution < 1.29 is 13.9 Å². The number of nitrogens with one attached hydrogen (secondary N) is 1. The molecule has 1 N–H and O–H groups in total. The van der Waals surface area contributed by atoms with Gasteiger partial charge in [0.05, 0.1) is 0 Å². The van der Waals surface area contributed by atoms with Crippen molar-refractivity contribution in [3.05, 3.63) is 40.2 Å². The van der Waals surface area contributed by atoms with E-state index < -0.39 is 5.63 Å². The van der Waals surface area contributed by atoms with Crippen molar-refractivity contribution in [2.75, 3.05) is 6.61 Å². The number of aryl methyl sites for hydroxylation is 1. The third-order valence-corrected chi connectivity index (χ3v) is 3.74. The molecule has 25 heavy (non-hydrogen) atoms. The molecule has 1 aromatic heterocycles. The van der Waals surface area contributed by atoms with Crippen LogP contribution >= 0.6 is 0 Å². The minimum absolute atomic E-state index is 0.0882. The van der Waals surface area contributed by atoms with Gasteiger partial charge >= 0.3 is 5.63 Å². The summed E-state index contributed by atoms with van der Waals surface area (Å²) in [5.41, 5.74) is 0.705. The maximum absolute atomic E-state index is 12.2. The zero-order valence-corrected chi connectivity index (χ0v) is 15.9. The van der Waals surface area contributed by atoms with Crippen molar-refractivity contribution >= 4 is 16.9 Å². The van der Waals surface area contributed by atoms with Crippen LogP contribution in [0.25, 0.3) is 11.0 Å². The molecule has 0 aliphatic rings. The molecule has 0 bridgehead atoms. The van der Waals surface area contributed by atoms with Crippen molar-refractivity contribution in [3.8, 4) is 5.75 Å². The van der Waals surface area contributed by atoms with Crippen LogP contribution in [0.2, 0.25) is 0 Å². The summed E-state index contributed by atoms with van der Waals surface area (Å²) in [6, 6.07) is 6.68. The highest BCUT2D eigenvalue weighted by atomic mass is 16.5. The monoisotopic (exact) mass is 345 g/mol. The van der Waals surface area contributed by atoms with Crippen molar-refractivity contribution in [2.24, 2.45) is 5.41 Å². The molecule has 0 atom stereocenters. The molecule has 0 spiro atoms. The van der Waals surface area contributed by atoms with E-state index in [0.29, 0.717) is 11.3 Å². The highest BCUT2D eigenvalue weighted by Crippen LogP contribution is 2.27. The summed E-state index contributed by atoms with van der Waals surface area (Å²) in [5.74, 6) is 0.310. The Morgan fingerprint density at radius 1 is 1.16 bits per heavy atom. The Bertz CT molecular complexity index is 828. The van der Waals surface area contributed by atoms with Crippen molar-refractivity contribution in [1.29, 1.82) is 0 Å². The molecule has 0 aliphatic heterocycles. The van der Waals surface area contributed by atoms with E-state index in [9.17, 15) is 9.59 Å². The number of fused-ring (bicyclic) bond motifs is 1. The molecule has 0 unspecified atom stereocenters. The molecule has 2 rings (SSSR count). The molecule has 5 nitrogen and oxygen atoms in total. The number of hydrogen-bond donors (Lipinski definition) is 1. The van der Waals surface area contributed by atoms with Gasteiger partial charge in [-0.25, -0.2) is 4.79 Å². The number of carbonyl (C=O) groups excluding carboxylic acids is 1. The standard InChI is InChI=1S/C20H27NO4/c1-13-9-18(23)25-16-10-14(7-8-15(13)16)24-11-17(22)21-20(5,6)12-19(2,3)4/h7-10H,11-12H2,1-6H3,(H,21,22). The van der Waals surface area contributed by atoms with Crippen molar-refractivity contribution in [1.82, 2.24) is 5.32 Å². The number of benzene rings is 1. The summed E-state index contributed by atoms with van der Waals surface area (Å²) in [7, 11) is 0. The smallest absolute Gasteiger partial charge is 0.336 e. The van der Waals surface area contributed by atoms with E-state index in [4.69, 9.17) is 9.15 Å². The summed E-state index contributed by atoms with van der Waals surface area (Å²) < 4.78 is 10.7. The lowest BCUT2D eigenvalue weighted by Crippen LogP contribution is -2.47. The van der Waals surface area contributed by atoms with Crippen LogP contribution in [0, 0.1) is 12.3 Å². The third-order valence-electron chi connectivity index (χ3n) is 3.74. The van der Waals surface area contributed by atoms with Gasteiger partial charge in [-0.15, -0.1) is 0 Å². The Kier molecular flexibility index (Phi) is 5.26. The summed E-state index contributed by atoms with van der Waals surface area (Å²) in [6.07, 6.45) is 0.853. The number of ether oxygens (including phenoxy) is 1. The first-order chi connectivity index (χ1) is 11.5. The first-order valence-corrected chi connectivity index (χ1v) is 8.44. The lowest BCUT2D eigenvalue weighted by Gasteiger charge is -2.33. The minimum Gasteiger partial charge on any atom is -0.484 e. The molecule has 0 saturated carbocycles. The first kappa shape index (κ1) is 19.0. The minimum atomic E-state index is -0.399. The van der Waals surface area contributed by atoms with E-state index in [2.05, 4.69) is 26.1 Å². The van der Waals surface area contributed by atoms with Crippen LogP contribution < -0.4 is 15.7 Å². The second-order valence-corrected chi connectivity index (χ2v) is 8.36. The normalized spacial score (nSPS) is 12.2. The zero-order chi connectivity index (χ0) is 18.8. The van der Waals surface area contributed by atoms with Gasteiger partial charge in [0.25, 0.3) is 5.91 Å². The molecule has 1 amide bonds. The summed E-state index contributed by atoms with van der Waals surface area (Å²) in [6.45, 7) is 12.2. The van der Waals surface area contributed by atoms with Crippen LogP contribution in [0.5, 0.6) is 5.75 Å². The van der Waals surface area contributed by atoms with E-state index >= 15 is 0 Å². The fraction of sp³-hybridized carbons (Fsp3) is 0.500. The number of carbonyl (C=O) groups is 1. The molecule has 0 fully saturated rings. The maximum Gasteiger partial charge on any atom is 0.336 e. The van der Waals surface area contributed by atoms with Gasteiger partial charge in [0, 0.05) is 23.1 Å². The van der Waals surface area contributed by atoms with Gasteiger partial charge in [0.2, 0.25) is 0 Å². The molecule has 136 valence electrons. The predicted octanol–water partition coefficient (Wildman–Crippen LogP) is 3.81. The maximum atomic E-state index is 12.2. The highest BCUT2D eigenvalue weighted by molar-refractivity contribution is 5.82. The van der Waals surface area contributed by atoms with Crippen LogP contribution in [-0.4, -0.2) is 18.1 Å². The van der Waals surface area contributed by atoms with Crippen molar-refractivity contribution in [2.45, 2.75) is 53.5 Å². The second kappa shape index (κ2) is 6.90. The van der Waals surface area contributed by atoms with Crippen molar-refractivity contribution in [3.63, 3.8) is 0 Å².